The van der Waals surface area contributed by atoms with E-state index in [1.165, 1.54) is 0 Å². The maximum atomic E-state index is 12.1. The summed E-state index contributed by atoms with van der Waals surface area (Å²) in [6.45, 7) is 2.91. The molecule has 2 aromatic rings. The lowest BCUT2D eigenvalue weighted by molar-refractivity contribution is -0.130. The fourth-order valence-corrected chi connectivity index (χ4v) is 3.24. The van der Waals surface area contributed by atoms with Gasteiger partial charge in [0.25, 0.3) is 0 Å². The van der Waals surface area contributed by atoms with Gasteiger partial charge in [0.1, 0.15) is 11.8 Å². The van der Waals surface area contributed by atoms with Crippen molar-refractivity contribution in [2.24, 2.45) is 5.92 Å². The minimum absolute atomic E-state index is 0.0296. The maximum Gasteiger partial charge on any atom is 0.249 e. The second kappa shape index (κ2) is 7.28. The van der Waals surface area contributed by atoms with Crippen molar-refractivity contribution < 1.29 is 14.3 Å². The van der Waals surface area contributed by atoms with E-state index in [-0.39, 0.29) is 17.9 Å². The average Bonchev–Trinajstić information content (AvgIpc) is 3.27. The quantitative estimate of drug-likeness (QED) is 0.882. The van der Waals surface area contributed by atoms with E-state index in [2.05, 4.69) is 20.6 Å². The van der Waals surface area contributed by atoms with Crippen molar-refractivity contribution in [3.63, 3.8) is 0 Å². The molecule has 25 heavy (non-hydrogen) atoms. The van der Waals surface area contributed by atoms with Crippen LogP contribution >= 0.6 is 0 Å². The van der Waals surface area contributed by atoms with Gasteiger partial charge in [0.05, 0.1) is 18.9 Å². The summed E-state index contributed by atoms with van der Waals surface area (Å²) in [5.41, 5.74) is 2.76. The molecular formula is C17H21N5O3. The van der Waals surface area contributed by atoms with Gasteiger partial charge in [0, 0.05) is 43.6 Å². The Bertz CT molecular complexity index is 727. The molecule has 0 radical (unpaired) electrons. The first kappa shape index (κ1) is 16.2. The standard InChI is InChI=1S/C17H21N5O3/c23-17(15-2-1-7-25-15)19-8-12-9-22-14(11-24-10-12)16(20-21-22)13-3-5-18-6-4-13/h3-6,12,15H,1-2,7-11H2,(H,19,23)/t12?,15-/m1/s1. The molecule has 8 nitrogen and oxygen atoms in total. The Hall–Kier alpha value is -2.32. The second-order valence-corrected chi connectivity index (χ2v) is 6.43. The number of carbonyl (C=O) groups is 1. The molecule has 8 heteroatoms. The van der Waals surface area contributed by atoms with Gasteiger partial charge in [-0.3, -0.25) is 9.78 Å². The van der Waals surface area contributed by atoms with Gasteiger partial charge in [0.2, 0.25) is 5.91 Å². The number of amides is 1. The summed E-state index contributed by atoms with van der Waals surface area (Å²) in [6.07, 6.45) is 4.93. The van der Waals surface area contributed by atoms with E-state index in [4.69, 9.17) is 9.47 Å². The smallest absolute Gasteiger partial charge is 0.249 e. The van der Waals surface area contributed by atoms with E-state index in [0.29, 0.717) is 32.9 Å². The number of fused-ring (bicyclic) bond motifs is 1. The summed E-state index contributed by atoms with van der Waals surface area (Å²) in [5, 5.41) is 11.6. The predicted molar refractivity (Wildman–Crippen MR) is 88.4 cm³/mol. The molecule has 2 aromatic heterocycles. The van der Waals surface area contributed by atoms with Gasteiger partial charge in [-0.1, -0.05) is 5.21 Å². The van der Waals surface area contributed by atoms with Crippen LogP contribution in [0.25, 0.3) is 11.3 Å². The lowest BCUT2D eigenvalue weighted by Crippen LogP contribution is -2.38. The number of nitrogens with one attached hydrogen (secondary N) is 1. The zero-order valence-corrected chi connectivity index (χ0v) is 13.9. The Morgan fingerprint density at radius 3 is 3.04 bits per heavy atom. The van der Waals surface area contributed by atoms with Crippen molar-refractivity contribution in [3.8, 4) is 11.3 Å². The second-order valence-electron chi connectivity index (χ2n) is 6.43. The van der Waals surface area contributed by atoms with Crippen LogP contribution in [0.5, 0.6) is 0 Å². The average molecular weight is 343 g/mol. The number of aromatic nitrogens is 4. The SMILES string of the molecule is O=C(NCC1COCc2c(-c3ccncc3)nnn2C1)[C@H]1CCCO1. The molecule has 4 rings (SSSR count). The van der Waals surface area contributed by atoms with Crippen LogP contribution in [0.4, 0.5) is 0 Å². The number of hydrogen-bond acceptors (Lipinski definition) is 6. The Labute approximate surface area is 145 Å². The maximum absolute atomic E-state index is 12.1. The van der Waals surface area contributed by atoms with Crippen molar-refractivity contribution >= 4 is 5.91 Å². The van der Waals surface area contributed by atoms with E-state index in [9.17, 15) is 4.79 Å². The van der Waals surface area contributed by atoms with Gasteiger partial charge in [-0.25, -0.2) is 4.68 Å². The highest BCUT2D eigenvalue weighted by Crippen LogP contribution is 2.24. The molecule has 4 heterocycles. The number of hydrogen-bond donors (Lipinski definition) is 1. The number of rotatable bonds is 4. The van der Waals surface area contributed by atoms with Gasteiger partial charge in [-0.15, -0.1) is 5.10 Å². The molecule has 1 saturated heterocycles. The van der Waals surface area contributed by atoms with Crippen LogP contribution in [0.15, 0.2) is 24.5 Å². The molecule has 2 aliphatic heterocycles. The highest BCUT2D eigenvalue weighted by Gasteiger charge is 2.26. The summed E-state index contributed by atoms with van der Waals surface area (Å²) < 4.78 is 13.1. The van der Waals surface area contributed by atoms with Crippen LogP contribution in [0, 0.1) is 5.92 Å². The third-order valence-corrected chi connectivity index (χ3v) is 4.60. The molecule has 1 fully saturated rings. The van der Waals surface area contributed by atoms with Gasteiger partial charge in [-0.2, -0.15) is 0 Å². The molecule has 2 atom stereocenters. The Morgan fingerprint density at radius 2 is 2.24 bits per heavy atom. The van der Waals surface area contributed by atoms with Crippen LogP contribution in [0.2, 0.25) is 0 Å². The lowest BCUT2D eigenvalue weighted by Gasteiger charge is -2.16. The zero-order valence-electron chi connectivity index (χ0n) is 13.9. The molecule has 0 aliphatic carbocycles. The highest BCUT2D eigenvalue weighted by atomic mass is 16.5. The Morgan fingerprint density at radius 1 is 1.36 bits per heavy atom. The van der Waals surface area contributed by atoms with Gasteiger partial charge < -0.3 is 14.8 Å². The lowest BCUT2D eigenvalue weighted by atomic mass is 10.1. The topological polar surface area (TPSA) is 91.2 Å². The highest BCUT2D eigenvalue weighted by molar-refractivity contribution is 5.80. The number of carbonyl (C=O) groups excluding carboxylic acids is 1. The van der Waals surface area contributed by atoms with Crippen LogP contribution in [-0.2, 0) is 27.4 Å². The molecule has 0 saturated carbocycles. The first-order valence-electron chi connectivity index (χ1n) is 8.61. The van der Waals surface area contributed by atoms with Crippen molar-refractivity contribution in [3.05, 3.63) is 30.2 Å². The number of pyridine rings is 1. The zero-order chi connectivity index (χ0) is 17.1. The Kier molecular flexibility index (Phi) is 4.71. The first-order chi connectivity index (χ1) is 12.3. The molecule has 0 bridgehead atoms. The van der Waals surface area contributed by atoms with Gasteiger partial charge in [-0.05, 0) is 25.0 Å². The van der Waals surface area contributed by atoms with Crippen LogP contribution in [0.3, 0.4) is 0 Å². The van der Waals surface area contributed by atoms with E-state index in [1.807, 2.05) is 16.8 Å². The van der Waals surface area contributed by atoms with Gasteiger partial charge in [0.15, 0.2) is 0 Å². The predicted octanol–water partition coefficient (Wildman–Crippen LogP) is 0.782. The van der Waals surface area contributed by atoms with Crippen molar-refractivity contribution in [2.75, 3.05) is 19.8 Å². The van der Waals surface area contributed by atoms with Crippen molar-refractivity contribution in [1.82, 2.24) is 25.3 Å². The van der Waals surface area contributed by atoms with Gasteiger partial charge >= 0.3 is 0 Å². The normalized spacial score (nSPS) is 23.0. The fraction of sp³-hybridized carbons (Fsp3) is 0.529. The minimum atomic E-state index is -0.299. The van der Waals surface area contributed by atoms with Crippen LogP contribution in [-0.4, -0.2) is 51.7 Å². The Balaban J connectivity index is 1.42. The molecule has 132 valence electrons. The molecule has 0 aromatic carbocycles. The van der Waals surface area contributed by atoms with E-state index in [0.717, 1.165) is 29.8 Å². The molecule has 0 spiro atoms. The molecular weight excluding hydrogens is 322 g/mol. The van der Waals surface area contributed by atoms with E-state index < -0.39 is 0 Å². The molecule has 2 aliphatic rings. The summed E-state index contributed by atoms with van der Waals surface area (Å²) in [5.74, 6) is 0.122. The van der Waals surface area contributed by atoms with Crippen LogP contribution in [0.1, 0.15) is 18.5 Å². The number of nitrogens with zero attached hydrogens (tertiary/aromatic N) is 4. The third-order valence-electron chi connectivity index (χ3n) is 4.60. The molecule has 1 N–H and O–H groups in total. The minimum Gasteiger partial charge on any atom is -0.375 e. The fourth-order valence-electron chi connectivity index (χ4n) is 3.24. The summed E-state index contributed by atoms with van der Waals surface area (Å²) in [4.78, 5) is 16.1. The van der Waals surface area contributed by atoms with Crippen molar-refractivity contribution in [2.45, 2.75) is 32.1 Å². The summed E-state index contributed by atoms with van der Waals surface area (Å²) >= 11 is 0. The number of ether oxygens (including phenoxy) is 2. The first-order valence-corrected chi connectivity index (χ1v) is 8.61. The van der Waals surface area contributed by atoms with E-state index in [1.54, 1.807) is 12.4 Å². The van der Waals surface area contributed by atoms with Crippen LogP contribution < -0.4 is 5.32 Å². The summed E-state index contributed by atoms with van der Waals surface area (Å²) in [7, 11) is 0. The molecule has 1 unspecified atom stereocenters. The van der Waals surface area contributed by atoms with Crippen molar-refractivity contribution in [1.29, 1.82) is 0 Å². The van der Waals surface area contributed by atoms with E-state index >= 15 is 0 Å². The summed E-state index contributed by atoms with van der Waals surface area (Å²) in [6, 6.07) is 3.82. The largest absolute Gasteiger partial charge is 0.375 e. The third kappa shape index (κ3) is 3.54. The monoisotopic (exact) mass is 343 g/mol. The molecule has 1 amide bonds.